The summed E-state index contributed by atoms with van der Waals surface area (Å²) in [5.41, 5.74) is -1.53. The Labute approximate surface area is 232 Å². The molecule has 3 amide bonds. The molecular weight excluding hydrogens is 503 g/mol. The number of carbonyl (C=O) groups is 3. The molecular formula is C27H45BN4O7. The van der Waals surface area contributed by atoms with Gasteiger partial charge in [0.2, 0.25) is 5.91 Å². The van der Waals surface area contributed by atoms with Crippen LogP contribution in [-0.4, -0.2) is 65.2 Å². The Morgan fingerprint density at radius 2 is 1.49 bits per heavy atom. The van der Waals surface area contributed by atoms with Gasteiger partial charge >= 0.3 is 19.3 Å². The van der Waals surface area contributed by atoms with Crippen molar-refractivity contribution in [1.82, 2.24) is 15.6 Å². The molecule has 0 aromatic carbocycles. The molecule has 0 aliphatic carbocycles. The second kappa shape index (κ2) is 12.5. The first-order chi connectivity index (χ1) is 17.8. The van der Waals surface area contributed by atoms with E-state index in [4.69, 9.17) is 18.8 Å². The normalized spacial score (nSPS) is 17.2. The fourth-order valence-electron chi connectivity index (χ4n) is 3.51. The van der Waals surface area contributed by atoms with Gasteiger partial charge in [-0.3, -0.25) is 4.79 Å². The second-order valence-electron chi connectivity index (χ2n) is 12.7. The van der Waals surface area contributed by atoms with Gasteiger partial charge in [0.25, 0.3) is 0 Å². The molecule has 1 atom stereocenters. The minimum absolute atomic E-state index is 0.322. The topological polar surface area (TPSA) is 137 Å². The van der Waals surface area contributed by atoms with Crippen molar-refractivity contribution in [2.75, 3.05) is 11.9 Å². The summed E-state index contributed by atoms with van der Waals surface area (Å²) in [6.07, 6.45) is 1.86. The largest absolute Gasteiger partial charge is 0.496 e. The molecule has 1 saturated heterocycles. The molecule has 11 nitrogen and oxygen atoms in total. The first-order valence-corrected chi connectivity index (χ1v) is 13.4. The molecule has 0 bridgehead atoms. The van der Waals surface area contributed by atoms with Gasteiger partial charge in [-0.05, 0) is 94.6 Å². The van der Waals surface area contributed by atoms with Crippen LogP contribution >= 0.6 is 0 Å². The maximum absolute atomic E-state index is 13.1. The van der Waals surface area contributed by atoms with E-state index in [0.717, 1.165) is 5.46 Å². The van der Waals surface area contributed by atoms with Crippen LogP contribution in [0.25, 0.3) is 0 Å². The quantitative estimate of drug-likeness (QED) is 0.312. The first kappa shape index (κ1) is 32.4. The summed E-state index contributed by atoms with van der Waals surface area (Å²) in [5.74, 6) is -0.111. The lowest BCUT2D eigenvalue weighted by molar-refractivity contribution is -0.118. The molecule has 2 rings (SSSR count). The zero-order valence-corrected chi connectivity index (χ0v) is 25.0. The lowest BCUT2D eigenvalue weighted by atomic mass is 9.80. The van der Waals surface area contributed by atoms with Gasteiger partial charge in [-0.2, -0.15) is 0 Å². The number of nitrogens with one attached hydrogen (secondary N) is 3. The molecule has 1 fully saturated rings. The van der Waals surface area contributed by atoms with Crippen LogP contribution in [0.1, 0.15) is 88.5 Å². The summed E-state index contributed by atoms with van der Waals surface area (Å²) < 4.78 is 22.7. The third kappa shape index (κ3) is 10.7. The molecule has 0 saturated carbocycles. The molecule has 39 heavy (non-hydrogen) atoms. The molecule has 2 heterocycles. The predicted octanol–water partition coefficient (Wildman–Crippen LogP) is 3.91. The summed E-state index contributed by atoms with van der Waals surface area (Å²) >= 11 is 0. The Hall–Kier alpha value is -2.86. The Kier molecular flexibility index (Phi) is 10.4. The van der Waals surface area contributed by atoms with Gasteiger partial charge in [-0.15, -0.1) is 0 Å². The maximum atomic E-state index is 13.1. The molecule has 218 valence electrons. The van der Waals surface area contributed by atoms with Crippen molar-refractivity contribution in [3.8, 4) is 0 Å². The monoisotopic (exact) mass is 548 g/mol. The van der Waals surface area contributed by atoms with Gasteiger partial charge in [-0.25, -0.2) is 14.6 Å². The molecule has 0 radical (unpaired) electrons. The zero-order chi connectivity index (χ0) is 29.6. The molecule has 1 aromatic rings. The highest BCUT2D eigenvalue weighted by Gasteiger charge is 2.51. The van der Waals surface area contributed by atoms with E-state index in [2.05, 4.69) is 20.9 Å². The van der Waals surface area contributed by atoms with Crippen molar-refractivity contribution in [2.45, 2.75) is 117 Å². The fourth-order valence-corrected chi connectivity index (χ4v) is 3.51. The van der Waals surface area contributed by atoms with Gasteiger partial charge in [0.1, 0.15) is 23.1 Å². The molecule has 3 N–H and O–H groups in total. The standard InChI is InChI=1S/C27H45BN4O7/c1-24(2,3)36-22(34)29-16-12-11-13-19(31-23(35)37-25(4,5)6)21(33)32-20-15-14-18(17-30-20)28-38-26(7,8)27(9,10)39-28/h14-15,17,19H,11-13,16H2,1-10H3,(H,29,34)(H,31,35)(H,30,32,33)/t19-/m0/s1. The minimum Gasteiger partial charge on any atom is -0.444 e. The van der Waals surface area contributed by atoms with Crippen LogP contribution in [0.15, 0.2) is 18.3 Å². The van der Waals surface area contributed by atoms with Crippen molar-refractivity contribution in [1.29, 1.82) is 0 Å². The molecule has 1 aliphatic heterocycles. The summed E-state index contributed by atoms with van der Waals surface area (Å²) in [7, 11) is -0.567. The fraction of sp³-hybridized carbons (Fsp3) is 0.704. The van der Waals surface area contributed by atoms with Crippen molar-refractivity contribution < 1.29 is 33.2 Å². The van der Waals surface area contributed by atoms with Crippen LogP contribution in [0, 0.1) is 0 Å². The van der Waals surface area contributed by atoms with Gasteiger partial charge in [-0.1, -0.05) is 6.07 Å². The van der Waals surface area contributed by atoms with Crippen LogP contribution in [0.4, 0.5) is 15.4 Å². The van der Waals surface area contributed by atoms with Crippen molar-refractivity contribution >= 4 is 36.5 Å². The average molecular weight is 548 g/mol. The lowest BCUT2D eigenvalue weighted by Gasteiger charge is -2.32. The minimum atomic E-state index is -0.869. The summed E-state index contributed by atoms with van der Waals surface area (Å²) in [6.45, 7) is 18.9. The van der Waals surface area contributed by atoms with E-state index >= 15 is 0 Å². The number of aromatic nitrogens is 1. The van der Waals surface area contributed by atoms with Gasteiger partial charge in [0.15, 0.2) is 0 Å². The third-order valence-corrected chi connectivity index (χ3v) is 6.16. The van der Waals surface area contributed by atoms with Crippen LogP contribution in [0.5, 0.6) is 0 Å². The Morgan fingerprint density at radius 1 is 0.923 bits per heavy atom. The number of hydrogen-bond donors (Lipinski definition) is 3. The molecule has 12 heteroatoms. The number of alkyl carbamates (subject to hydrolysis) is 2. The van der Waals surface area contributed by atoms with Gasteiger partial charge < -0.3 is 34.7 Å². The second-order valence-corrected chi connectivity index (χ2v) is 12.7. The molecule has 0 spiro atoms. The molecule has 1 aliphatic rings. The highest BCUT2D eigenvalue weighted by atomic mass is 16.7. The molecule has 1 aromatic heterocycles. The van der Waals surface area contributed by atoms with E-state index in [0.29, 0.717) is 31.6 Å². The number of amides is 3. The summed E-state index contributed by atoms with van der Waals surface area (Å²) in [4.78, 5) is 41.7. The van der Waals surface area contributed by atoms with Crippen molar-refractivity contribution in [3.63, 3.8) is 0 Å². The number of anilines is 1. The van der Waals surface area contributed by atoms with E-state index in [9.17, 15) is 14.4 Å². The van der Waals surface area contributed by atoms with E-state index in [1.165, 1.54) is 0 Å². The predicted molar refractivity (Wildman–Crippen MR) is 150 cm³/mol. The number of unbranched alkanes of at least 4 members (excludes halogenated alkanes) is 1. The van der Waals surface area contributed by atoms with Crippen LogP contribution in [-0.2, 0) is 23.6 Å². The lowest BCUT2D eigenvalue weighted by Crippen LogP contribution is -2.46. The first-order valence-electron chi connectivity index (χ1n) is 13.4. The zero-order valence-electron chi connectivity index (χ0n) is 25.0. The van der Waals surface area contributed by atoms with E-state index in [1.807, 2.05) is 27.7 Å². The Bertz CT molecular complexity index is 985. The highest BCUT2D eigenvalue weighted by Crippen LogP contribution is 2.36. The smallest absolute Gasteiger partial charge is 0.444 e. The molecule has 0 unspecified atom stereocenters. The average Bonchev–Trinajstić information content (AvgIpc) is 2.97. The van der Waals surface area contributed by atoms with E-state index in [1.54, 1.807) is 59.9 Å². The number of rotatable bonds is 9. The van der Waals surface area contributed by atoms with Crippen molar-refractivity contribution in [3.05, 3.63) is 18.3 Å². The van der Waals surface area contributed by atoms with Crippen LogP contribution < -0.4 is 21.4 Å². The number of nitrogens with zero attached hydrogens (tertiary/aromatic N) is 1. The SMILES string of the molecule is CC(C)(C)OC(=O)NCCCC[C@H](NC(=O)OC(C)(C)C)C(=O)Nc1ccc(B2OC(C)(C)C(C)(C)O2)cn1. The maximum Gasteiger partial charge on any atom is 0.496 e. The summed E-state index contributed by atoms with van der Waals surface area (Å²) in [5, 5.41) is 8.09. The van der Waals surface area contributed by atoms with Gasteiger partial charge in [0.05, 0.1) is 11.2 Å². The van der Waals surface area contributed by atoms with Crippen molar-refractivity contribution in [2.24, 2.45) is 0 Å². The Morgan fingerprint density at radius 3 is 2.00 bits per heavy atom. The van der Waals surface area contributed by atoms with E-state index < -0.39 is 53.7 Å². The van der Waals surface area contributed by atoms with Crippen LogP contribution in [0.3, 0.4) is 0 Å². The number of ether oxygens (including phenoxy) is 2. The van der Waals surface area contributed by atoms with E-state index in [-0.39, 0.29) is 0 Å². The van der Waals surface area contributed by atoms with Gasteiger partial charge in [0, 0.05) is 18.2 Å². The Balaban J connectivity index is 1.97. The van der Waals surface area contributed by atoms with Crippen LogP contribution in [0.2, 0.25) is 0 Å². The number of hydrogen-bond acceptors (Lipinski definition) is 8. The summed E-state index contributed by atoms with van der Waals surface area (Å²) in [6, 6.07) is 2.57. The highest BCUT2D eigenvalue weighted by molar-refractivity contribution is 6.62. The third-order valence-electron chi connectivity index (χ3n) is 6.16. The number of carbonyl (C=O) groups excluding carboxylic acids is 3. The number of pyridine rings is 1.